The molecule has 0 saturated carbocycles. The topological polar surface area (TPSA) is 88.6 Å². The summed E-state index contributed by atoms with van der Waals surface area (Å²) in [7, 11) is 3.13. The van der Waals surface area contributed by atoms with Gasteiger partial charge in [0.1, 0.15) is 10.8 Å². The Morgan fingerprint density at radius 1 is 1.24 bits per heavy atom. The number of carbonyl (C=O) groups is 3. The Kier molecular flexibility index (Phi) is 6.18. The highest BCUT2D eigenvalue weighted by Gasteiger charge is 2.15. The molecule has 0 radical (unpaired) electrons. The van der Waals surface area contributed by atoms with Crippen molar-refractivity contribution in [2.24, 2.45) is 0 Å². The van der Waals surface area contributed by atoms with Crippen LogP contribution in [0.3, 0.4) is 0 Å². The molecule has 7 nitrogen and oxygen atoms in total. The maximum atomic E-state index is 12.9. The molecule has 1 aromatic heterocycles. The summed E-state index contributed by atoms with van der Waals surface area (Å²) in [4.78, 5) is 40.2. The van der Waals surface area contributed by atoms with E-state index in [0.717, 1.165) is 0 Å². The molecule has 0 aliphatic heterocycles. The Bertz CT molecular complexity index is 774. The lowest BCUT2D eigenvalue weighted by molar-refractivity contribution is -0.131. The lowest BCUT2D eigenvalue weighted by Crippen LogP contribution is -2.38. The average molecular weight is 365 g/mol. The Balaban J connectivity index is 1.86. The molecule has 9 heteroatoms. The van der Waals surface area contributed by atoms with Gasteiger partial charge in [0, 0.05) is 25.0 Å². The quantitative estimate of drug-likeness (QED) is 0.780. The van der Waals surface area contributed by atoms with Crippen LogP contribution >= 0.6 is 11.3 Å². The second-order valence-corrected chi connectivity index (χ2v) is 6.04. The zero-order valence-electron chi connectivity index (χ0n) is 13.6. The number of nitrogens with one attached hydrogen (secondary N) is 1. The number of ether oxygens (including phenoxy) is 1. The van der Waals surface area contributed by atoms with Gasteiger partial charge in [0.2, 0.25) is 5.91 Å². The van der Waals surface area contributed by atoms with Crippen LogP contribution in [0.25, 0.3) is 10.6 Å². The summed E-state index contributed by atoms with van der Waals surface area (Å²) < 4.78 is 17.8. The van der Waals surface area contributed by atoms with Crippen LogP contribution in [-0.2, 0) is 14.3 Å². The summed E-state index contributed by atoms with van der Waals surface area (Å²) in [5, 5.41) is 4.38. The minimum absolute atomic E-state index is 0.0569. The molecular weight excluding hydrogens is 349 g/mol. The second kappa shape index (κ2) is 8.34. The molecule has 2 amide bonds. The van der Waals surface area contributed by atoms with Crippen LogP contribution in [0, 0.1) is 5.82 Å². The van der Waals surface area contributed by atoms with Gasteiger partial charge in [0.05, 0.1) is 6.54 Å². The molecular formula is C16H16FN3O4S. The van der Waals surface area contributed by atoms with Crippen molar-refractivity contribution in [1.29, 1.82) is 0 Å². The summed E-state index contributed by atoms with van der Waals surface area (Å²) in [6.07, 6.45) is 0. The van der Waals surface area contributed by atoms with E-state index < -0.39 is 18.5 Å². The number of hydrogen-bond donors (Lipinski definition) is 1. The number of nitrogens with zero attached hydrogens (tertiary/aromatic N) is 2. The predicted octanol–water partition coefficient (Wildman–Crippen LogP) is 1.31. The van der Waals surface area contributed by atoms with Crippen molar-refractivity contribution >= 4 is 29.1 Å². The molecule has 1 heterocycles. The minimum atomic E-state index is -0.751. The van der Waals surface area contributed by atoms with Gasteiger partial charge in [-0.05, 0) is 24.3 Å². The van der Waals surface area contributed by atoms with E-state index in [9.17, 15) is 18.8 Å². The van der Waals surface area contributed by atoms with Gasteiger partial charge in [0.15, 0.2) is 12.3 Å². The molecule has 0 aliphatic carbocycles. The van der Waals surface area contributed by atoms with E-state index in [1.54, 1.807) is 26.2 Å². The van der Waals surface area contributed by atoms with E-state index in [1.807, 2.05) is 0 Å². The van der Waals surface area contributed by atoms with Gasteiger partial charge in [-0.2, -0.15) is 0 Å². The molecule has 0 aliphatic rings. The zero-order valence-corrected chi connectivity index (χ0v) is 14.4. The highest BCUT2D eigenvalue weighted by molar-refractivity contribution is 7.13. The van der Waals surface area contributed by atoms with Gasteiger partial charge < -0.3 is 15.0 Å². The number of rotatable bonds is 6. The molecule has 1 aromatic carbocycles. The van der Waals surface area contributed by atoms with Gasteiger partial charge in [-0.1, -0.05) is 0 Å². The predicted molar refractivity (Wildman–Crippen MR) is 89.5 cm³/mol. The summed E-state index contributed by atoms with van der Waals surface area (Å²) in [6.45, 7) is -0.683. The lowest BCUT2D eigenvalue weighted by Gasteiger charge is -2.10. The first-order valence-corrected chi connectivity index (χ1v) is 8.10. The molecule has 25 heavy (non-hydrogen) atoms. The number of thiazole rings is 1. The van der Waals surface area contributed by atoms with Crippen LogP contribution in [0.15, 0.2) is 29.6 Å². The molecule has 0 spiro atoms. The number of likely N-dealkylation sites (N-methyl/N-ethyl adjacent to an activating group) is 1. The van der Waals surface area contributed by atoms with Crippen LogP contribution in [0.2, 0.25) is 0 Å². The molecule has 0 fully saturated rings. The average Bonchev–Trinajstić information content (AvgIpc) is 3.08. The van der Waals surface area contributed by atoms with Gasteiger partial charge in [0.25, 0.3) is 5.91 Å². The highest BCUT2D eigenvalue weighted by Crippen LogP contribution is 2.24. The molecule has 2 rings (SSSR count). The Morgan fingerprint density at radius 2 is 1.92 bits per heavy atom. The smallest absolute Gasteiger partial charge is 0.358 e. The molecule has 0 atom stereocenters. The minimum Gasteiger partial charge on any atom is -0.451 e. The van der Waals surface area contributed by atoms with E-state index >= 15 is 0 Å². The first-order valence-electron chi connectivity index (χ1n) is 7.22. The van der Waals surface area contributed by atoms with Crippen molar-refractivity contribution in [2.75, 3.05) is 27.2 Å². The van der Waals surface area contributed by atoms with Gasteiger partial charge in [-0.25, -0.2) is 14.2 Å². The van der Waals surface area contributed by atoms with Crippen molar-refractivity contribution in [1.82, 2.24) is 15.2 Å². The monoisotopic (exact) mass is 365 g/mol. The Hall–Kier alpha value is -2.81. The standard InChI is InChI=1S/C16H16FN3O4S/c1-20(2)14(22)7-18-13(21)8-24-16(23)12-9-25-15(19-12)10-3-5-11(17)6-4-10/h3-6,9H,7-8H2,1-2H3,(H,18,21). The van der Waals surface area contributed by atoms with E-state index in [0.29, 0.717) is 10.6 Å². The van der Waals surface area contributed by atoms with Crippen LogP contribution in [0.5, 0.6) is 0 Å². The third kappa shape index (κ3) is 5.35. The fourth-order valence-electron chi connectivity index (χ4n) is 1.68. The van der Waals surface area contributed by atoms with Crippen molar-refractivity contribution in [3.8, 4) is 10.6 Å². The third-order valence-corrected chi connectivity index (χ3v) is 3.97. The third-order valence-electron chi connectivity index (χ3n) is 3.07. The zero-order chi connectivity index (χ0) is 18.4. The summed E-state index contributed by atoms with van der Waals surface area (Å²) >= 11 is 1.20. The van der Waals surface area contributed by atoms with Crippen molar-refractivity contribution in [3.05, 3.63) is 41.2 Å². The number of carbonyl (C=O) groups excluding carboxylic acids is 3. The maximum Gasteiger partial charge on any atom is 0.358 e. The molecule has 1 N–H and O–H groups in total. The summed E-state index contributed by atoms with van der Waals surface area (Å²) in [5.74, 6) is -1.97. The number of amides is 2. The summed E-state index contributed by atoms with van der Waals surface area (Å²) in [5.41, 5.74) is 0.729. The van der Waals surface area contributed by atoms with E-state index in [-0.39, 0.29) is 24.0 Å². The van der Waals surface area contributed by atoms with Crippen LogP contribution in [0.1, 0.15) is 10.5 Å². The maximum absolute atomic E-state index is 12.9. The SMILES string of the molecule is CN(C)C(=O)CNC(=O)COC(=O)c1csc(-c2ccc(F)cc2)n1. The summed E-state index contributed by atoms with van der Waals surface area (Å²) in [6, 6.07) is 5.71. The van der Waals surface area contributed by atoms with Gasteiger partial charge in [-0.15, -0.1) is 11.3 Å². The number of esters is 1. The molecule has 0 saturated heterocycles. The van der Waals surface area contributed by atoms with Crippen LogP contribution in [-0.4, -0.2) is 54.9 Å². The fourth-order valence-corrected chi connectivity index (χ4v) is 2.48. The fraction of sp³-hybridized carbons (Fsp3) is 0.250. The molecule has 0 unspecified atom stereocenters. The van der Waals surface area contributed by atoms with Gasteiger partial charge in [-0.3, -0.25) is 9.59 Å². The first-order chi connectivity index (χ1) is 11.9. The first kappa shape index (κ1) is 18.5. The number of hydrogen-bond acceptors (Lipinski definition) is 6. The van der Waals surface area contributed by atoms with Crippen molar-refractivity contribution in [2.45, 2.75) is 0 Å². The largest absolute Gasteiger partial charge is 0.451 e. The Morgan fingerprint density at radius 3 is 2.56 bits per heavy atom. The Labute approximate surface area is 147 Å². The lowest BCUT2D eigenvalue weighted by atomic mass is 10.2. The highest BCUT2D eigenvalue weighted by atomic mass is 32.1. The molecule has 132 valence electrons. The number of benzene rings is 1. The van der Waals surface area contributed by atoms with Crippen LogP contribution in [0.4, 0.5) is 4.39 Å². The van der Waals surface area contributed by atoms with E-state index in [4.69, 9.17) is 4.74 Å². The van der Waals surface area contributed by atoms with E-state index in [1.165, 1.54) is 33.7 Å². The second-order valence-electron chi connectivity index (χ2n) is 5.19. The van der Waals surface area contributed by atoms with Crippen molar-refractivity contribution in [3.63, 3.8) is 0 Å². The van der Waals surface area contributed by atoms with Crippen LogP contribution < -0.4 is 5.32 Å². The molecule has 0 bridgehead atoms. The number of halogens is 1. The number of aromatic nitrogens is 1. The normalized spacial score (nSPS) is 10.2. The van der Waals surface area contributed by atoms with E-state index in [2.05, 4.69) is 10.3 Å². The molecule has 2 aromatic rings. The van der Waals surface area contributed by atoms with Crippen molar-refractivity contribution < 1.29 is 23.5 Å². The van der Waals surface area contributed by atoms with Gasteiger partial charge >= 0.3 is 5.97 Å².